The van der Waals surface area contributed by atoms with Gasteiger partial charge < -0.3 is 4.90 Å². The Hall–Kier alpha value is -1.31. The molecule has 1 aliphatic rings. The third kappa shape index (κ3) is 1.54. The van der Waals surface area contributed by atoms with E-state index in [0.29, 0.717) is 6.42 Å². The molecule has 0 aromatic heterocycles. The molecule has 2 rings (SSSR count). The maximum absolute atomic E-state index is 11.9. The highest BCUT2D eigenvalue weighted by molar-refractivity contribution is 5.97. The van der Waals surface area contributed by atoms with Crippen LogP contribution in [0.15, 0.2) is 24.3 Å². The van der Waals surface area contributed by atoms with Crippen LogP contribution in [0.3, 0.4) is 0 Å². The maximum Gasteiger partial charge on any atom is 0.227 e. The van der Waals surface area contributed by atoms with Crippen LogP contribution >= 0.6 is 0 Å². The van der Waals surface area contributed by atoms with Crippen LogP contribution in [-0.4, -0.2) is 12.5 Å². The monoisotopic (exact) mass is 203 g/mol. The van der Waals surface area contributed by atoms with Gasteiger partial charge in [0.15, 0.2) is 0 Å². The average Bonchev–Trinajstić information content (AvgIpc) is 2.17. The Balaban J connectivity index is 2.58. The summed E-state index contributed by atoms with van der Waals surface area (Å²) in [7, 11) is 0. The van der Waals surface area contributed by atoms with Crippen LogP contribution < -0.4 is 4.90 Å². The number of rotatable bonds is 1. The van der Waals surface area contributed by atoms with E-state index < -0.39 is 0 Å². The van der Waals surface area contributed by atoms with E-state index in [1.54, 1.807) is 0 Å². The van der Waals surface area contributed by atoms with Gasteiger partial charge in [0.25, 0.3) is 0 Å². The Morgan fingerprint density at radius 2 is 2.00 bits per heavy atom. The van der Waals surface area contributed by atoms with Crippen LogP contribution in [0.2, 0.25) is 0 Å². The lowest BCUT2D eigenvalue weighted by atomic mass is 9.77. The van der Waals surface area contributed by atoms with Crippen molar-refractivity contribution in [2.24, 2.45) is 0 Å². The van der Waals surface area contributed by atoms with Crippen molar-refractivity contribution in [2.75, 3.05) is 11.4 Å². The second-order valence-electron chi connectivity index (χ2n) is 4.72. The van der Waals surface area contributed by atoms with E-state index in [1.165, 1.54) is 5.56 Å². The van der Waals surface area contributed by atoms with E-state index in [1.807, 2.05) is 30.0 Å². The number of hydrogen-bond donors (Lipinski definition) is 0. The summed E-state index contributed by atoms with van der Waals surface area (Å²) in [6.07, 6.45) is 0.609. The molecule has 1 aromatic carbocycles. The summed E-state index contributed by atoms with van der Waals surface area (Å²) >= 11 is 0. The van der Waals surface area contributed by atoms with Gasteiger partial charge in [-0.2, -0.15) is 0 Å². The summed E-state index contributed by atoms with van der Waals surface area (Å²) in [5, 5.41) is 0. The molecule has 1 aliphatic heterocycles. The van der Waals surface area contributed by atoms with E-state index >= 15 is 0 Å². The molecule has 1 aromatic rings. The minimum atomic E-state index is -0.0284. The molecule has 1 heterocycles. The number of hydrogen-bond acceptors (Lipinski definition) is 1. The van der Waals surface area contributed by atoms with Crippen molar-refractivity contribution in [3.05, 3.63) is 29.8 Å². The quantitative estimate of drug-likeness (QED) is 0.687. The van der Waals surface area contributed by atoms with Gasteiger partial charge in [-0.1, -0.05) is 32.0 Å². The smallest absolute Gasteiger partial charge is 0.227 e. The molecule has 2 heteroatoms. The molecule has 0 spiro atoms. The van der Waals surface area contributed by atoms with Crippen LogP contribution in [0.25, 0.3) is 0 Å². The van der Waals surface area contributed by atoms with Gasteiger partial charge >= 0.3 is 0 Å². The summed E-state index contributed by atoms with van der Waals surface area (Å²) in [6, 6.07) is 8.21. The third-order valence-corrected chi connectivity index (χ3v) is 3.13. The lowest BCUT2D eigenvalue weighted by Gasteiger charge is -2.38. The van der Waals surface area contributed by atoms with Gasteiger partial charge in [0.1, 0.15) is 0 Å². The van der Waals surface area contributed by atoms with Crippen LogP contribution in [0.5, 0.6) is 0 Å². The molecule has 0 atom stereocenters. The maximum atomic E-state index is 11.9. The van der Waals surface area contributed by atoms with Gasteiger partial charge in [0, 0.05) is 24.1 Å². The van der Waals surface area contributed by atoms with Crippen molar-refractivity contribution in [1.82, 2.24) is 0 Å². The summed E-state index contributed by atoms with van der Waals surface area (Å²) < 4.78 is 0. The van der Waals surface area contributed by atoms with Gasteiger partial charge in [0.05, 0.1) is 0 Å². The SMILES string of the molecule is CCN1C(=O)CC(C)(C)c2ccccc21. The predicted molar refractivity (Wildman–Crippen MR) is 62.1 cm³/mol. The number of carbonyl (C=O) groups is 1. The van der Waals surface area contributed by atoms with E-state index in [4.69, 9.17) is 0 Å². The fraction of sp³-hybridized carbons (Fsp3) is 0.462. The third-order valence-electron chi connectivity index (χ3n) is 3.13. The first-order valence-corrected chi connectivity index (χ1v) is 5.46. The van der Waals surface area contributed by atoms with Gasteiger partial charge in [-0.25, -0.2) is 0 Å². The Morgan fingerprint density at radius 1 is 1.33 bits per heavy atom. The number of fused-ring (bicyclic) bond motifs is 1. The summed E-state index contributed by atoms with van der Waals surface area (Å²) in [5.74, 6) is 0.237. The first-order chi connectivity index (χ1) is 7.06. The summed E-state index contributed by atoms with van der Waals surface area (Å²) in [6.45, 7) is 7.05. The molecule has 0 unspecified atom stereocenters. The molecule has 1 amide bonds. The number of amides is 1. The van der Waals surface area contributed by atoms with Crippen LogP contribution in [0.4, 0.5) is 5.69 Å². The van der Waals surface area contributed by atoms with Crippen molar-refractivity contribution in [3.63, 3.8) is 0 Å². The van der Waals surface area contributed by atoms with E-state index in [0.717, 1.165) is 12.2 Å². The zero-order valence-electron chi connectivity index (χ0n) is 9.58. The zero-order valence-corrected chi connectivity index (χ0v) is 9.58. The Bertz CT molecular complexity index is 395. The molecular weight excluding hydrogens is 186 g/mol. The minimum absolute atomic E-state index is 0.0284. The van der Waals surface area contributed by atoms with Gasteiger partial charge in [-0.15, -0.1) is 0 Å². The second kappa shape index (κ2) is 3.37. The molecule has 0 aliphatic carbocycles. The van der Waals surface area contributed by atoms with E-state index in [9.17, 15) is 4.79 Å². The fourth-order valence-corrected chi connectivity index (χ4v) is 2.33. The molecular formula is C13H17NO. The average molecular weight is 203 g/mol. The Morgan fingerprint density at radius 3 is 2.67 bits per heavy atom. The topological polar surface area (TPSA) is 20.3 Å². The fourth-order valence-electron chi connectivity index (χ4n) is 2.33. The number of nitrogens with zero attached hydrogens (tertiary/aromatic N) is 1. The van der Waals surface area contributed by atoms with Crippen molar-refractivity contribution < 1.29 is 4.79 Å². The first kappa shape index (κ1) is 10.2. The van der Waals surface area contributed by atoms with Gasteiger partial charge in [0.2, 0.25) is 5.91 Å². The predicted octanol–water partition coefficient (Wildman–Crippen LogP) is 2.72. The standard InChI is InChI=1S/C13H17NO/c1-4-14-11-8-6-5-7-10(11)13(2,3)9-12(14)15/h5-8H,4,9H2,1-3H3. The van der Waals surface area contributed by atoms with E-state index in [2.05, 4.69) is 19.9 Å². The highest BCUT2D eigenvalue weighted by atomic mass is 16.2. The molecule has 0 radical (unpaired) electrons. The second-order valence-corrected chi connectivity index (χ2v) is 4.72. The van der Waals surface area contributed by atoms with Gasteiger partial charge in [-0.3, -0.25) is 4.79 Å². The number of para-hydroxylation sites is 1. The lowest BCUT2D eigenvalue weighted by Crippen LogP contribution is -2.41. The van der Waals surface area contributed by atoms with Crippen molar-refractivity contribution in [2.45, 2.75) is 32.6 Å². The van der Waals surface area contributed by atoms with Crippen molar-refractivity contribution >= 4 is 11.6 Å². The zero-order chi connectivity index (χ0) is 11.1. The molecule has 0 saturated carbocycles. The van der Waals surface area contributed by atoms with Crippen LogP contribution in [-0.2, 0) is 10.2 Å². The largest absolute Gasteiger partial charge is 0.312 e. The Labute approximate surface area is 90.9 Å². The molecule has 0 N–H and O–H groups in total. The van der Waals surface area contributed by atoms with E-state index in [-0.39, 0.29) is 11.3 Å². The minimum Gasteiger partial charge on any atom is -0.312 e. The number of anilines is 1. The molecule has 2 nitrogen and oxygen atoms in total. The first-order valence-electron chi connectivity index (χ1n) is 5.46. The summed E-state index contributed by atoms with van der Waals surface area (Å²) in [5.41, 5.74) is 2.34. The normalized spacial score (nSPS) is 18.9. The molecule has 0 fully saturated rings. The lowest BCUT2D eigenvalue weighted by molar-refractivity contribution is -0.120. The van der Waals surface area contributed by atoms with Crippen LogP contribution in [0.1, 0.15) is 32.8 Å². The van der Waals surface area contributed by atoms with Crippen molar-refractivity contribution in [3.8, 4) is 0 Å². The molecule has 0 bridgehead atoms. The molecule has 80 valence electrons. The van der Waals surface area contributed by atoms with Crippen LogP contribution in [0, 0.1) is 0 Å². The summed E-state index contributed by atoms with van der Waals surface area (Å²) in [4.78, 5) is 13.8. The number of benzene rings is 1. The van der Waals surface area contributed by atoms with Gasteiger partial charge in [-0.05, 0) is 18.6 Å². The van der Waals surface area contributed by atoms with Crippen molar-refractivity contribution in [1.29, 1.82) is 0 Å². The molecule has 0 saturated heterocycles. The Kier molecular flexibility index (Phi) is 2.29. The molecule has 15 heavy (non-hydrogen) atoms. The highest BCUT2D eigenvalue weighted by Crippen LogP contribution is 2.39. The highest BCUT2D eigenvalue weighted by Gasteiger charge is 2.35. The number of carbonyl (C=O) groups excluding carboxylic acids is 1.